The van der Waals surface area contributed by atoms with Crippen LogP contribution in [0.3, 0.4) is 0 Å². The van der Waals surface area contributed by atoms with Crippen LogP contribution in [-0.4, -0.2) is 31.0 Å². The molecule has 148 valence electrons. The van der Waals surface area contributed by atoms with Gasteiger partial charge in [-0.2, -0.15) is 0 Å². The summed E-state index contributed by atoms with van der Waals surface area (Å²) >= 11 is 0. The summed E-state index contributed by atoms with van der Waals surface area (Å²) in [6.07, 6.45) is 1.80. The van der Waals surface area contributed by atoms with E-state index in [1.165, 1.54) is 5.56 Å². The molecule has 0 radical (unpaired) electrons. The first-order valence-corrected chi connectivity index (χ1v) is 9.93. The molecule has 2 aromatic carbocycles. The number of fused-ring (bicyclic) bond motifs is 1. The first kappa shape index (κ1) is 19.9. The summed E-state index contributed by atoms with van der Waals surface area (Å²) < 4.78 is 5.62. The van der Waals surface area contributed by atoms with Crippen LogP contribution in [0.4, 0.5) is 5.69 Å². The first-order valence-electron chi connectivity index (χ1n) is 9.93. The van der Waals surface area contributed by atoms with Crippen LogP contribution in [0, 0.1) is 5.92 Å². The van der Waals surface area contributed by atoms with Crippen LogP contribution in [0.25, 0.3) is 0 Å². The molecular formula is C23H28N2O3. The molecule has 1 heterocycles. The number of rotatable bonds is 8. The van der Waals surface area contributed by atoms with Gasteiger partial charge in [0.15, 0.2) is 0 Å². The van der Waals surface area contributed by atoms with Crippen molar-refractivity contribution < 1.29 is 14.3 Å². The number of benzene rings is 2. The quantitative estimate of drug-likeness (QED) is 0.712. The summed E-state index contributed by atoms with van der Waals surface area (Å²) in [5, 5.41) is 2.94. The van der Waals surface area contributed by atoms with Crippen LogP contribution in [-0.2, 0) is 16.0 Å². The Hall–Kier alpha value is -2.82. The number of nitrogens with one attached hydrogen (secondary N) is 1. The molecule has 5 heteroatoms. The molecule has 0 bridgehead atoms. The lowest BCUT2D eigenvalue weighted by atomic mass is 10.0. The van der Waals surface area contributed by atoms with Gasteiger partial charge in [-0.25, -0.2) is 0 Å². The van der Waals surface area contributed by atoms with E-state index in [0.717, 1.165) is 17.9 Å². The molecule has 3 rings (SSSR count). The standard InChI is InChI=1S/C23H28N2O3/c1-17(2)22(23(27)25-15-14-18-9-6-7-12-20(18)25)24-21(26)13-8-16-28-19-10-4-3-5-11-19/h3-7,9-12,17,22H,8,13-16H2,1-2H3,(H,24,26)/t22-/m0/s1. The fraction of sp³-hybridized carbons (Fsp3) is 0.391. The molecule has 1 N–H and O–H groups in total. The summed E-state index contributed by atoms with van der Waals surface area (Å²) in [7, 11) is 0. The van der Waals surface area contributed by atoms with E-state index in [2.05, 4.69) is 11.4 Å². The maximum atomic E-state index is 13.1. The van der Waals surface area contributed by atoms with Crippen molar-refractivity contribution in [2.45, 2.75) is 39.2 Å². The molecule has 0 fully saturated rings. The van der Waals surface area contributed by atoms with Crippen molar-refractivity contribution >= 4 is 17.5 Å². The highest BCUT2D eigenvalue weighted by atomic mass is 16.5. The summed E-state index contributed by atoms with van der Waals surface area (Å²) in [5.74, 6) is 0.667. The van der Waals surface area contributed by atoms with E-state index in [1.54, 1.807) is 4.90 Å². The third-order valence-electron chi connectivity index (χ3n) is 4.96. The Bertz CT molecular complexity index is 805. The molecule has 28 heavy (non-hydrogen) atoms. The first-order chi connectivity index (χ1) is 13.6. The minimum atomic E-state index is -0.520. The second kappa shape index (κ2) is 9.40. The maximum Gasteiger partial charge on any atom is 0.249 e. The fourth-order valence-corrected chi connectivity index (χ4v) is 3.43. The molecule has 0 unspecified atom stereocenters. The fourth-order valence-electron chi connectivity index (χ4n) is 3.43. The molecule has 1 aliphatic rings. The summed E-state index contributed by atoms with van der Waals surface area (Å²) in [4.78, 5) is 27.3. The van der Waals surface area contributed by atoms with E-state index in [0.29, 0.717) is 26.0 Å². The van der Waals surface area contributed by atoms with E-state index in [-0.39, 0.29) is 17.7 Å². The van der Waals surface area contributed by atoms with Gasteiger partial charge >= 0.3 is 0 Å². The minimum absolute atomic E-state index is 0.0183. The molecule has 5 nitrogen and oxygen atoms in total. The van der Waals surface area contributed by atoms with Gasteiger partial charge in [0, 0.05) is 18.7 Å². The van der Waals surface area contributed by atoms with Crippen molar-refractivity contribution in [2.75, 3.05) is 18.1 Å². The number of hydrogen-bond donors (Lipinski definition) is 1. The highest BCUT2D eigenvalue weighted by molar-refractivity contribution is 6.00. The number of hydrogen-bond acceptors (Lipinski definition) is 3. The number of carbonyl (C=O) groups excluding carboxylic acids is 2. The van der Waals surface area contributed by atoms with Crippen LogP contribution in [0.2, 0.25) is 0 Å². The lowest BCUT2D eigenvalue weighted by Crippen LogP contribution is -2.51. The van der Waals surface area contributed by atoms with Gasteiger partial charge in [-0.15, -0.1) is 0 Å². The van der Waals surface area contributed by atoms with Gasteiger partial charge in [0.25, 0.3) is 0 Å². The van der Waals surface area contributed by atoms with Gasteiger partial charge in [-0.1, -0.05) is 50.2 Å². The number of amides is 2. The van der Waals surface area contributed by atoms with Crippen molar-refractivity contribution in [3.8, 4) is 5.75 Å². The zero-order chi connectivity index (χ0) is 19.9. The number of ether oxygens (including phenoxy) is 1. The molecule has 0 spiro atoms. The van der Waals surface area contributed by atoms with Crippen LogP contribution >= 0.6 is 0 Å². The average molecular weight is 380 g/mol. The topological polar surface area (TPSA) is 58.6 Å². The zero-order valence-corrected chi connectivity index (χ0v) is 16.6. The zero-order valence-electron chi connectivity index (χ0n) is 16.6. The van der Waals surface area contributed by atoms with Crippen molar-refractivity contribution in [1.82, 2.24) is 5.32 Å². The lowest BCUT2D eigenvalue weighted by molar-refractivity contribution is -0.128. The molecular weight excluding hydrogens is 352 g/mol. The lowest BCUT2D eigenvalue weighted by Gasteiger charge is -2.27. The van der Waals surface area contributed by atoms with Crippen molar-refractivity contribution in [3.63, 3.8) is 0 Å². The van der Waals surface area contributed by atoms with E-state index >= 15 is 0 Å². The number of para-hydroxylation sites is 2. The van der Waals surface area contributed by atoms with E-state index in [1.807, 2.05) is 62.4 Å². The third-order valence-corrected chi connectivity index (χ3v) is 4.96. The largest absolute Gasteiger partial charge is 0.494 e. The van der Waals surface area contributed by atoms with E-state index in [4.69, 9.17) is 4.74 Å². The molecule has 2 aromatic rings. The highest BCUT2D eigenvalue weighted by Crippen LogP contribution is 2.28. The predicted octanol–water partition coefficient (Wildman–Crippen LogP) is 3.58. The van der Waals surface area contributed by atoms with Gasteiger partial charge < -0.3 is 15.0 Å². The Labute approximate surface area is 166 Å². The van der Waals surface area contributed by atoms with Crippen molar-refractivity contribution in [2.24, 2.45) is 5.92 Å². The summed E-state index contributed by atoms with van der Waals surface area (Å²) in [5.41, 5.74) is 2.14. The Kier molecular flexibility index (Phi) is 6.69. The SMILES string of the molecule is CC(C)[C@H](NC(=O)CCCOc1ccccc1)C(=O)N1CCc2ccccc21. The third kappa shape index (κ3) is 4.91. The van der Waals surface area contributed by atoms with Gasteiger partial charge in [-0.05, 0) is 42.5 Å². The molecule has 0 aliphatic carbocycles. The molecule has 0 aromatic heterocycles. The average Bonchev–Trinajstić information content (AvgIpc) is 3.14. The normalized spacial score (nSPS) is 13.9. The van der Waals surface area contributed by atoms with Crippen LogP contribution in [0.5, 0.6) is 5.75 Å². The van der Waals surface area contributed by atoms with Crippen molar-refractivity contribution in [3.05, 3.63) is 60.2 Å². The van der Waals surface area contributed by atoms with Gasteiger partial charge in [0.05, 0.1) is 6.61 Å². The van der Waals surface area contributed by atoms with E-state index < -0.39 is 6.04 Å². The Morgan fingerprint density at radius 1 is 1.07 bits per heavy atom. The smallest absolute Gasteiger partial charge is 0.249 e. The second-order valence-electron chi connectivity index (χ2n) is 7.42. The number of nitrogens with zero attached hydrogens (tertiary/aromatic N) is 1. The van der Waals surface area contributed by atoms with E-state index in [9.17, 15) is 9.59 Å². The van der Waals surface area contributed by atoms with Gasteiger partial charge in [0.1, 0.15) is 11.8 Å². The number of anilines is 1. The monoisotopic (exact) mass is 380 g/mol. The molecule has 1 atom stereocenters. The summed E-state index contributed by atoms with van der Waals surface area (Å²) in [6, 6.07) is 17.0. The predicted molar refractivity (Wildman–Crippen MR) is 110 cm³/mol. The molecule has 0 saturated heterocycles. The molecule has 2 amide bonds. The van der Waals surface area contributed by atoms with Crippen molar-refractivity contribution in [1.29, 1.82) is 0 Å². The summed E-state index contributed by atoms with van der Waals surface area (Å²) in [6.45, 7) is 5.06. The second-order valence-corrected chi connectivity index (χ2v) is 7.42. The molecule has 0 saturated carbocycles. The van der Waals surface area contributed by atoms with Crippen LogP contribution in [0.1, 0.15) is 32.3 Å². The van der Waals surface area contributed by atoms with Gasteiger partial charge in [0.2, 0.25) is 11.8 Å². The minimum Gasteiger partial charge on any atom is -0.494 e. The maximum absolute atomic E-state index is 13.1. The number of carbonyl (C=O) groups is 2. The Morgan fingerprint density at radius 2 is 1.79 bits per heavy atom. The molecule has 1 aliphatic heterocycles. The highest BCUT2D eigenvalue weighted by Gasteiger charge is 2.32. The van der Waals surface area contributed by atoms with Crippen LogP contribution in [0.15, 0.2) is 54.6 Å². The van der Waals surface area contributed by atoms with Crippen LogP contribution < -0.4 is 15.0 Å². The van der Waals surface area contributed by atoms with Gasteiger partial charge in [-0.3, -0.25) is 9.59 Å². The Balaban J connectivity index is 1.51. The Morgan fingerprint density at radius 3 is 2.54 bits per heavy atom.